The van der Waals surface area contributed by atoms with Crippen molar-refractivity contribution < 1.29 is 13.6 Å². The molecular weight excluding hydrogens is 501 g/mol. The van der Waals surface area contributed by atoms with Crippen LogP contribution in [0.25, 0.3) is 33.1 Å². The van der Waals surface area contributed by atoms with Gasteiger partial charge in [0.15, 0.2) is 0 Å². The van der Waals surface area contributed by atoms with Gasteiger partial charge in [0, 0.05) is 38.5 Å². The zero-order chi connectivity index (χ0) is 24.6. The highest BCUT2D eigenvalue weighted by molar-refractivity contribution is 6.34. The van der Waals surface area contributed by atoms with Crippen LogP contribution in [0.5, 0.6) is 5.75 Å². The smallest absolute Gasteiger partial charge is 0.336 e. The normalized spacial score (nSPS) is 11.4. The molecule has 0 amide bonds. The van der Waals surface area contributed by atoms with Gasteiger partial charge in [-0.05, 0) is 35.4 Å². The first-order valence-corrected chi connectivity index (χ1v) is 11.8. The van der Waals surface area contributed by atoms with Gasteiger partial charge in [0.2, 0.25) is 0 Å². The maximum absolute atomic E-state index is 12.3. The molecule has 178 valence electrons. The molecule has 0 saturated carbocycles. The van der Waals surface area contributed by atoms with Crippen molar-refractivity contribution in [3.05, 3.63) is 111 Å². The van der Waals surface area contributed by atoms with Crippen LogP contribution in [0, 0.1) is 0 Å². The Morgan fingerprint density at radius 3 is 2.53 bits per heavy atom. The Bertz CT molecular complexity index is 1750. The van der Waals surface area contributed by atoms with Crippen LogP contribution < -0.4 is 10.4 Å². The predicted molar refractivity (Wildman–Crippen MR) is 138 cm³/mol. The Morgan fingerprint density at radius 2 is 1.72 bits per heavy atom. The third-order valence-electron chi connectivity index (χ3n) is 5.75. The summed E-state index contributed by atoms with van der Waals surface area (Å²) in [4.78, 5) is 12.3. The van der Waals surface area contributed by atoms with Crippen molar-refractivity contribution in [1.29, 1.82) is 0 Å². The van der Waals surface area contributed by atoms with Gasteiger partial charge in [-0.2, -0.15) is 0 Å². The summed E-state index contributed by atoms with van der Waals surface area (Å²) in [6.07, 6.45) is 3.48. The molecule has 0 unspecified atom stereocenters. The zero-order valence-corrected chi connectivity index (χ0v) is 20.2. The maximum atomic E-state index is 12.3. The van der Waals surface area contributed by atoms with E-state index in [1.807, 2.05) is 36.4 Å². The predicted octanol–water partition coefficient (Wildman–Crippen LogP) is 6.73. The van der Waals surface area contributed by atoms with Gasteiger partial charge in [0.05, 0.1) is 19.0 Å². The van der Waals surface area contributed by atoms with E-state index in [0.717, 1.165) is 27.5 Å². The van der Waals surface area contributed by atoms with E-state index in [4.69, 9.17) is 36.8 Å². The number of hydrogen-bond donors (Lipinski definition) is 0. The molecule has 6 rings (SSSR count). The van der Waals surface area contributed by atoms with E-state index in [0.29, 0.717) is 39.2 Å². The minimum Gasteiger partial charge on any atom is -0.487 e. The van der Waals surface area contributed by atoms with Crippen molar-refractivity contribution in [3.63, 3.8) is 0 Å². The molecular formula is C27H17Cl2N3O4. The summed E-state index contributed by atoms with van der Waals surface area (Å²) in [6, 6.07) is 20.2. The first kappa shape index (κ1) is 22.4. The van der Waals surface area contributed by atoms with Crippen LogP contribution in [-0.4, -0.2) is 15.0 Å². The van der Waals surface area contributed by atoms with Gasteiger partial charge < -0.3 is 13.6 Å². The molecule has 3 aromatic heterocycles. The molecule has 3 aromatic carbocycles. The number of nitrogens with zero attached hydrogens (tertiary/aromatic N) is 3. The lowest BCUT2D eigenvalue weighted by Crippen LogP contribution is -2.06. The minimum absolute atomic E-state index is 0.185. The quantitative estimate of drug-likeness (QED) is 0.227. The van der Waals surface area contributed by atoms with Crippen molar-refractivity contribution in [2.45, 2.75) is 13.2 Å². The minimum atomic E-state index is -0.451. The number of ether oxygens (including phenoxy) is 1. The Balaban J connectivity index is 1.31. The van der Waals surface area contributed by atoms with Gasteiger partial charge in [0.1, 0.15) is 29.2 Å². The second-order valence-electron chi connectivity index (χ2n) is 8.25. The van der Waals surface area contributed by atoms with E-state index in [1.54, 1.807) is 41.4 Å². The lowest BCUT2D eigenvalue weighted by atomic mass is 10.0. The molecule has 7 nitrogen and oxygen atoms in total. The van der Waals surface area contributed by atoms with E-state index in [-0.39, 0.29) is 6.61 Å². The molecule has 0 aliphatic carbocycles. The van der Waals surface area contributed by atoms with Crippen LogP contribution >= 0.6 is 23.2 Å². The molecule has 6 aromatic rings. The summed E-state index contributed by atoms with van der Waals surface area (Å²) < 4.78 is 18.6. The largest absolute Gasteiger partial charge is 0.487 e. The van der Waals surface area contributed by atoms with E-state index in [1.165, 1.54) is 6.07 Å². The van der Waals surface area contributed by atoms with Gasteiger partial charge in [-0.1, -0.05) is 58.7 Å². The highest BCUT2D eigenvalue weighted by Crippen LogP contribution is 2.34. The number of furan rings is 1. The highest BCUT2D eigenvalue weighted by Gasteiger charge is 2.14. The molecule has 0 bridgehead atoms. The zero-order valence-electron chi connectivity index (χ0n) is 18.7. The SMILES string of the molecule is O=c1cc(Cn2cc(COc3cc(Cl)cc(Cl)c3)nn2)c2cc3c(-c4ccccc4)coc3cc2o1. The van der Waals surface area contributed by atoms with Crippen LogP contribution in [0.3, 0.4) is 0 Å². The fourth-order valence-electron chi connectivity index (χ4n) is 4.15. The van der Waals surface area contributed by atoms with E-state index in [9.17, 15) is 4.79 Å². The summed E-state index contributed by atoms with van der Waals surface area (Å²) >= 11 is 12.0. The average Bonchev–Trinajstić information content (AvgIpc) is 3.48. The van der Waals surface area contributed by atoms with Crippen LogP contribution in [-0.2, 0) is 13.2 Å². The summed E-state index contributed by atoms with van der Waals surface area (Å²) in [6.45, 7) is 0.506. The van der Waals surface area contributed by atoms with Crippen LogP contribution in [0.4, 0.5) is 0 Å². The van der Waals surface area contributed by atoms with Crippen molar-refractivity contribution in [3.8, 4) is 16.9 Å². The van der Waals surface area contributed by atoms with Gasteiger partial charge >= 0.3 is 5.63 Å². The third kappa shape index (κ3) is 4.46. The lowest BCUT2D eigenvalue weighted by Gasteiger charge is -2.06. The standard InChI is InChI=1S/C27H17Cl2N3O4/c28-18-7-19(29)9-21(8-18)34-14-20-13-32(31-30-20)12-17-6-27(33)36-26-11-25-23(10-22(17)26)24(15-35-25)16-4-2-1-3-5-16/h1-11,13,15H,12,14H2. The molecule has 0 aliphatic heterocycles. The molecule has 0 spiro atoms. The Morgan fingerprint density at radius 1 is 0.917 bits per heavy atom. The lowest BCUT2D eigenvalue weighted by molar-refractivity contribution is 0.301. The first-order valence-electron chi connectivity index (χ1n) is 11.0. The van der Waals surface area contributed by atoms with Crippen molar-refractivity contribution in [2.75, 3.05) is 0 Å². The maximum Gasteiger partial charge on any atom is 0.336 e. The molecule has 0 saturated heterocycles. The Kier molecular flexibility index (Phi) is 5.71. The topological polar surface area (TPSA) is 83.3 Å². The van der Waals surface area contributed by atoms with Crippen molar-refractivity contribution in [2.24, 2.45) is 0 Å². The molecule has 0 N–H and O–H groups in total. The van der Waals surface area contributed by atoms with Gasteiger partial charge in [-0.25, -0.2) is 9.48 Å². The van der Waals surface area contributed by atoms with Crippen LogP contribution in [0.2, 0.25) is 10.0 Å². The fraction of sp³-hybridized carbons (Fsp3) is 0.0741. The highest BCUT2D eigenvalue weighted by atomic mass is 35.5. The second-order valence-corrected chi connectivity index (χ2v) is 9.12. The summed E-state index contributed by atoms with van der Waals surface area (Å²) in [5, 5.41) is 11.1. The molecule has 3 heterocycles. The monoisotopic (exact) mass is 517 g/mol. The van der Waals surface area contributed by atoms with Gasteiger partial charge in [0.25, 0.3) is 0 Å². The van der Waals surface area contributed by atoms with Gasteiger partial charge in [-0.3, -0.25) is 0 Å². The Hall–Kier alpha value is -4.07. The molecule has 9 heteroatoms. The molecule has 0 aliphatic rings. The number of fused-ring (bicyclic) bond motifs is 2. The number of halogens is 2. The molecule has 0 radical (unpaired) electrons. The molecule has 0 atom stereocenters. The molecule has 0 fully saturated rings. The number of hydrogen-bond acceptors (Lipinski definition) is 6. The third-order valence-corrected chi connectivity index (χ3v) is 6.19. The number of aromatic nitrogens is 3. The summed E-state index contributed by atoms with van der Waals surface area (Å²) in [5.74, 6) is 0.534. The number of rotatable bonds is 6. The average molecular weight is 518 g/mol. The van der Waals surface area contributed by atoms with Crippen molar-refractivity contribution >= 4 is 45.1 Å². The van der Waals surface area contributed by atoms with Crippen LogP contribution in [0.15, 0.2) is 92.8 Å². The summed E-state index contributed by atoms with van der Waals surface area (Å²) in [7, 11) is 0. The second kappa shape index (κ2) is 9.18. The van der Waals surface area contributed by atoms with E-state index >= 15 is 0 Å². The van der Waals surface area contributed by atoms with Crippen LogP contribution in [0.1, 0.15) is 11.3 Å². The van der Waals surface area contributed by atoms with Gasteiger partial charge in [-0.15, -0.1) is 5.10 Å². The van der Waals surface area contributed by atoms with E-state index in [2.05, 4.69) is 10.3 Å². The molecule has 36 heavy (non-hydrogen) atoms. The fourth-order valence-corrected chi connectivity index (χ4v) is 4.65. The Labute approximate surface area is 214 Å². The number of benzene rings is 3. The first-order chi connectivity index (χ1) is 17.5. The van der Waals surface area contributed by atoms with E-state index < -0.39 is 5.63 Å². The van der Waals surface area contributed by atoms with Crippen molar-refractivity contribution in [1.82, 2.24) is 15.0 Å². The summed E-state index contributed by atoms with van der Waals surface area (Å²) in [5.41, 5.74) is 4.00.